The van der Waals surface area contributed by atoms with Gasteiger partial charge in [0.15, 0.2) is 5.76 Å². The minimum absolute atomic E-state index is 0.0304. The van der Waals surface area contributed by atoms with E-state index in [0.29, 0.717) is 34.9 Å². The summed E-state index contributed by atoms with van der Waals surface area (Å²) in [6, 6.07) is 20.3. The number of imidazole rings is 1. The number of pyridine rings is 1. The molecule has 5 heterocycles. The number of benzene rings is 2. The van der Waals surface area contributed by atoms with Crippen LogP contribution in [0.25, 0.3) is 39.6 Å². The maximum atomic E-state index is 13.3. The molecule has 2 fully saturated rings. The summed E-state index contributed by atoms with van der Waals surface area (Å²) in [6.45, 7) is 3.78. The number of rotatable bonds is 7. The number of nitrogens with zero attached hydrogens (tertiary/aromatic N) is 5. The van der Waals surface area contributed by atoms with E-state index in [-0.39, 0.29) is 17.2 Å². The van der Waals surface area contributed by atoms with Crippen LogP contribution in [0.5, 0.6) is 5.75 Å². The molecule has 1 saturated carbocycles. The van der Waals surface area contributed by atoms with E-state index in [9.17, 15) is 14.7 Å². The van der Waals surface area contributed by atoms with Gasteiger partial charge in [0, 0.05) is 36.8 Å². The van der Waals surface area contributed by atoms with Gasteiger partial charge in [-0.1, -0.05) is 6.07 Å². The van der Waals surface area contributed by atoms with Crippen LogP contribution in [-0.4, -0.2) is 53.3 Å². The third-order valence-electron chi connectivity index (χ3n) is 8.76. The summed E-state index contributed by atoms with van der Waals surface area (Å²) in [4.78, 5) is 34.7. The Balaban J connectivity index is 1.27. The third kappa shape index (κ3) is 5.02. The molecule has 10 heteroatoms. The lowest BCUT2D eigenvalue weighted by Crippen LogP contribution is -2.27. The molecule has 2 aliphatic rings. The monoisotopic (exact) mass is 600 g/mol. The molecular weight excluding hydrogens is 568 g/mol. The first-order chi connectivity index (χ1) is 21.9. The maximum Gasteiger partial charge on any atom is 0.253 e. The minimum atomic E-state index is -0.183. The van der Waals surface area contributed by atoms with Crippen LogP contribution in [0.1, 0.15) is 59.0 Å². The SMILES string of the molecule is Cc1ccc(-c2cc(C3CC3)nn2-c2ccc3c(c2)nc(-c2cc(C(=O)N4CCCC4)ccc2O)n3Cc2ccc(=O)[nH]c2)o1. The lowest BCUT2D eigenvalue weighted by molar-refractivity contribution is 0.0793. The quantitative estimate of drug-likeness (QED) is 0.231. The first kappa shape index (κ1) is 27.2. The first-order valence-corrected chi connectivity index (χ1v) is 15.4. The van der Waals surface area contributed by atoms with E-state index in [0.717, 1.165) is 78.4 Å². The molecule has 2 aromatic carbocycles. The van der Waals surface area contributed by atoms with Gasteiger partial charge in [-0.15, -0.1) is 0 Å². The van der Waals surface area contributed by atoms with Gasteiger partial charge in [0.05, 0.1) is 34.5 Å². The summed E-state index contributed by atoms with van der Waals surface area (Å²) in [6.07, 6.45) is 5.93. The number of aryl methyl sites for hydroxylation is 1. The number of hydrogen-bond donors (Lipinski definition) is 2. The van der Waals surface area contributed by atoms with Gasteiger partial charge in [-0.3, -0.25) is 9.59 Å². The Morgan fingerprint density at radius 2 is 1.87 bits per heavy atom. The lowest BCUT2D eigenvalue weighted by atomic mass is 10.1. The number of carbonyl (C=O) groups excluding carboxylic acids is 1. The van der Waals surface area contributed by atoms with E-state index in [1.54, 1.807) is 30.5 Å². The molecule has 1 aliphatic carbocycles. The Hall–Kier alpha value is -5.38. The number of nitrogens with one attached hydrogen (secondary N) is 1. The second-order valence-electron chi connectivity index (χ2n) is 12.0. The van der Waals surface area contributed by atoms with Gasteiger partial charge in [-0.2, -0.15) is 5.10 Å². The fraction of sp³-hybridized carbons (Fsp3) is 0.257. The number of fused-ring (bicyclic) bond motifs is 1. The zero-order chi connectivity index (χ0) is 30.7. The second kappa shape index (κ2) is 10.7. The fourth-order valence-electron chi connectivity index (χ4n) is 6.21. The van der Waals surface area contributed by atoms with Crippen molar-refractivity contribution in [1.29, 1.82) is 0 Å². The van der Waals surface area contributed by atoms with Gasteiger partial charge in [-0.25, -0.2) is 9.67 Å². The van der Waals surface area contributed by atoms with Crippen LogP contribution in [0.4, 0.5) is 0 Å². The molecule has 10 nitrogen and oxygen atoms in total. The summed E-state index contributed by atoms with van der Waals surface area (Å²) >= 11 is 0. The molecule has 0 atom stereocenters. The summed E-state index contributed by atoms with van der Waals surface area (Å²) in [7, 11) is 0. The largest absolute Gasteiger partial charge is 0.507 e. The van der Waals surface area contributed by atoms with Gasteiger partial charge in [0.1, 0.15) is 23.0 Å². The highest BCUT2D eigenvalue weighted by molar-refractivity contribution is 5.96. The zero-order valence-corrected chi connectivity index (χ0v) is 24.9. The van der Waals surface area contributed by atoms with Gasteiger partial charge in [0.2, 0.25) is 5.56 Å². The van der Waals surface area contributed by atoms with Crippen molar-refractivity contribution in [1.82, 2.24) is 29.2 Å². The molecule has 0 bridgehead atoms. The molecule has 0 spiro atoms. The van der Waals surface area contributed by atoms with E-state index in [4.69, 9.17) is 14.5 Å². The molecule has 0 radical (unpaired) electrons. The Labute approximate surface area is 258 Å². The topological polar surface area (TPSA) is 122 Å². The number of phenols is 1. The van der Waals surface area contributed by atoms with Gasteiger partial charge < -0.3 is 24.0 Å². The Morgan fingerprint density at radius 1 is 1.02 bits per heavy atom. The van der Waals surface area contributed by atoms with Crippen molar-refractivity contribution < 1.29 is 14.3 Å². The van der Waals surface area contributed by atoms with Crippen LogP contribution in [0.3, 0.4) is 0 Å². The second-order valence-corrected chi connectivity index (χ2v) is 12.0. The van der Waals surface area contributed by atoms with Crippen molar-refractivity contribution in [2.45, 2.75) is 45.1 Å². The number of furan rings is 1. The van der Waals surface area contributed by atoms with Gasteiger partial charge >= 0.3 is 0 Å². The van der Waals surface area contributed by atoms with Crippen LogP contribution >= 0.6 is 0 Å². The third-order valence-corrected chi connectivity index (χ3v) is 8.76. The molecule has 2 N–H and O–H groups in total. The van der Waals surface area contributed by atoms with Crippen molar-refractivity contribution in [2.75, 3.05) is 13.1 Å². The Morgan fingerprint density at radius 3 is 2.60 bits per heavy atom. The first-order valence-electron chi connectivity index (χ1n) is 15.4. The van der Waals surface area contributed by atoms with E-state index in [1.807, 2.05) is 51.4 Å². The average Bonchev–Trinajstić information content (AvgIpc) is 3.41. The molecule has 8 rings (SSSR count). The number of hydrogen-bond acceptors (Lipinski definition) is 6. The van der Waals surface area contributed by atoms with E-state index < -0.39 is 0 Å². The summed E-state index contributed by atoms with van der Waals surface area (Å²) in [5.74, 6) is 2.54. The van der Waals surface area contributed by atoms with Crippen molar-refractivity contribution in [3.63, 3.8) is 0 Å². The number of amides is 1. The maximum absolute atomic E-state index is 13.3. The molecule has 0 unspecified atom stereocenters. The molecule has 4 aromatic heterocycles. The zero-order valence-electron chi connectivity index (χ0n) is 24.9. The number of aromatic nitrogens is 5. The van der Waals surface area contributed by atoms with E-state index in [1.165, 1.54) is 6.07 Å². The van der Waals surface area contributed by atoms with Crippen LogP contribution in [0, 0.1) is 6.92 Å². The molecular formula is C35H32N6O4. The number of phenolic OH excluding ortho intramolecular Hbond substituents is 1. The minimum Gasteiger partial charge on any atom is -0.507 e. The highest BCUT2D eigenvalue weighted by Gasteiger charge is 2.29. The number of H-pyrrole nitrogens is 1. The van der Waals surface area contributed by atoms with Crippen molar-refractivity contribution in [2.24, 2.45) is 0 Å². The van der Waals surface area contributed by atoms with Crippen molar-refractivity contribution >= 4 is 16.9 Å². The molecule has 1 saturated heterocycles. The highest BCUT2D eigenvalue weighted by atomic mass is 16.3. The molecule has 1 aliphatic heterocycles. The summed E-state index contributed by atoms with van der Waals surface area (Å²) in [5.41, 5.74) is 5.95. The average molecular weight is 601 g/mol. The number of carbonyl (C=O) groups is 1. The predicted molar refractivity (Wildman–Crippen MR) is 170 cm³/mol. The van der Waals surface area contributed by atoms with Crippen LogP contribution in [0.2, 0.25) is 0 Å². The van der Waals surface area contributed by atoms with E-state index in [2.05, 4.69) is 11.1 Å². The molecule has 226 valence electrons. The normalized spacial score (nSPS) is 14.9. The van der Waals surface area contributed by atoms with Gasteiger partial charge in [-0.05, 0) is 92.8 Å². The van der Waals surface area contributed by atoms with Crippen molar-refractivity contribution in [3.8, 4) is 34.3 Å². The number of likely N-dealkylation sites (tertiary alicyclic amines) is 1. The number of aromatic amines is 1. The van der Waals surface area contributed by atoms with E-state index >= 15 is 0 Å². The van der Waals surface area contributed by atoms with Crippen LogP contribution in [-0.2, 0) is 6.54 Å². The fourth-order valence-corrected chi connectivity index (χ4v) is 6.21. The number of aromatic hydroxyl groups is 1. The lowest BCUT2D eigenvalue weighted by Gasteiger charge is -2.16. The summed E-state index contributed by atoms with van der Waals surface area (Å²) < 4.78 is 9.92. The Bertz CT molecular complexity index is 2120. The van der Waals surface area contributed by atoms with Crippen LogP contribution < -0.4 is 5.56 Å². The highest BCUT2D eigenvalue weighted by Crippen LogP contribution is 2.41. The van der Waals surface area contributed by atoms with Crippen molar-refractivity contribution in [3.05, 3.63) is 106 Å². The predicted octanol–water partition coefficient (Wildman–Crippen LogP) is 6.01. The summed E-state index contributed by atoms with van der Waals surface area (Å²) in [5, 5.41) is 16.1. The smallest absolute Gasteiger partial charge is 0.253 e. The van der Waals surface area contributed by atoms with Crippen LogP contribution in [0.15, 0.2) is 82.1 Å². The standard InChI is InChI=1S/C35H32N6O4/c1-21-4-12-32(45-21)30-18-27(23-6-7-23)38-41(30)25-9-10-29-28(17-25)37-34(40(29)20-22-5-13-33(43)36-19-22)26-16-24(8-11-31(26)42)35(44)39-14-2-3-15-39/h4-5,8-13,16-19,23,42H,2-3,6-7,14-15,20H2,1H3,(H,36,43). The molecule has 6 aromatic rings. The molecule has 1 amide bonds. The Kier molecular flexibility index (Phi) is 6.44. The van der Waals surface area contributed by atoms with Gasteiger partial charge in [0.25, 0.3) is 5.91 Å². The molecule has 45 heavy (non-hydrogen) atoms.